The van der Waals surface area contributed by atoms with Gasteiger partial charge in [-0.1, -0.05) is 20.8 Å². The fourth-order valence-corrected chi connectivity index (χ4v) is 3.24. The van der Waals surface area contributed by atoms with Crippen LogP contribution in [0.15, 0.2) is 18.2 Å². The van der Waals surface area contributed by atoms with Crippen LogP contribution in [0, 0.1) is 0 Å². The van der Waals surface area contributed by atoms with E-state index in [1.165, 1.54) is 0 Å². The van der Waals surface area contributed by atoms with Gasteiger partial charge in [-0.25, -0.2) is 4.79 Å². The van der Waals surface area contributed by atoms with Crippen LogP contribution in [0.25, 0.3) is 0 Å². The third-order valence-corrected chi connectivity index (χ3v) is 4.34. The van der Waals surface area contributed by atoms with Crippen LogP contribution in [-0.4, -0.2) is 43.4 Å². The Morgan fingerprint density at radius 2 is 1.96 bits per heavy atom. The fourth-order valence-electron chi connectivity index (χ4n) is 3.24. The maximum Gasteiger partial charge on any atom is 0.412 e. The Labute approximate surface area is 150 Å². The van der Waals surface area contributed by atoms with Gasteiger partial charge >= 0.3 is 6.09 Å². The smallest absolute Gasteiger partial charge is 0.412 e. The van der Waals surface area contributed by atoms with Gasteiger partial charge in [0.25, 0.3) is 0 Å². The number of carbonyl (C=O) groups excluding carboxylic acids is 1. The molecule has 25 heavy (non-hydrogen) atoms. The van der Waals surface area contributed by atoms with Crippen molar-refractivity contribution in [3.63, 3.8) is 0 Å². The molecule has 3 N–H and O–H groups in total. The number of carbonyl (C=O) groups is 1. The highest BCUT2D eigenvalue weighted by Gasteiger charge is 2.37. The molecule has 2 rings (SSSR count). The highest BCUT2D eigenvalue weighted by Crippen LogP contribution is 2.41. The van der Waals surface area contributed by atoms with Gasteiger partial charge in [0.1, 0.15) is 11.5 Å². The van der Waals surface area contributed by atoms with E-state index in [1.807, 2.05) is 19.1 Å². The summed E-state index contributed by atoms with van der Waals surface area (Å²) in [6.45, 7) is 9.39. The Bertz CT molecular complexity index is 559. The van der Waals surface area contributed by atoms with Crippen molar-refractivity contribution in [2.24, 2.45) is 5.73 Å². The largest absolute Gasteiger partial charge is 0.474 e. The molecule has 140 valence electrons. The first-order valence-electron chi connectivity index (χ1n) is 9.34. The first-order chi connectivity index (χ1) is 12.1. The molecule has 0 bridgehead atoms. The number of benzene rings is 1. The molecule has 0 saturated heterocycles. The predicted molar refractivity (Wildman–Crippen MR) is 99.1 cm³/mol. The number of ether oxygens (including phenoxy) is 2. The minimum atomic E-state index is -0.430. The second-order valence-corrected chi connectivity index (χ2v) is 6.40. The number of nitrogens with two attached hydrogens (primary N) is 1. The Morgan fingerprint density at radius 3 is 2.56 bits per heavy atom. The summed E-state index contributed by atoms with van der Waals surface area (Å²) in [5, 5.41) is 2.71. The quantitative estimate of drug-likeness (QED) is 0.716. The molecule has 2 unspecified atom stereocenters. The number of rotatable bonds is 9. The van der Waals surface area contributed by atoms with Gasteiger partial charge < -0.3 is 20.5 Å². The van der Waals surface area contributed by atoms with E-state index in [4.69, 9.17) is 15.2 Å². The van der Waals surface area contributed by atoms with E-state index >= 15 is 0 Å². The van der Waals surface area contributed by atoms with E-state index in [1.54, 1.807) is 6.07 Å². The van der Waals surface area contributed by atoms with E-state index in [0.29, 0.717) is 18.8 Å². The van der Waals surface area contributed by atoms with Crippen molar-refractivity contribution in [2.45, 2.75) is 52.2 Å². The zero-order valence-electron chi connectivity index (χ0n) is 15.6. The number of hydrogen-bond donors (Lipinski definition) is 2. The predicted octanol–water partition coefficient (Wildman–Crippen LogP) is 3.07. The summed E-state index contributed by atoms with van der Waals surface area (Å²) >= 11 is 0. The van der Waals surface area contributed by atoms with E-state index in [0.717, 1.165) is 43.7 Å². The van der Waals surface area contributed by atoms with Gasteiger partial charge in [0.05, 0.1) is 5.92 Å². The van der Waals surface area contributed by atoms with Crippen molar-refractivity contribution < 1.29 is 14.3 Å². The monoisotopic (exact) mass is 349 g/mol. The third kappa shape index (κ3) is 4.86. The van der Waals surface area contributed by atoms with Crippen LogP contribution in [-0.2, 0) is 0 Å². The maximum atomic E-state index is 11.8. The number of nitrogens with zero attached hydrogens (tertiary/aromatic N) is 1. The molecule has 6 nitrogen and oxygen atoms in total. The van der Waals surface area contributed by atoms with E-state index in [9.17, 15) is 4.79 Å². The zero-order valence-corrected chi connectivity index (χ0v) is 15.6. The van der Waals surface area contributed by atoms with Gasteiger partial charge in [0, 0.05) is 31.7 Å². The molecular formula is C19H31N3O3. The van der Waals surface area contributed by atoms with Crippen LogP contribution < -0.4 is 20.5 Å². The van der Waals surface area contributed by atoms with Crippen molar-refractivity contribution in [2.75, 3.05) is 26.2 Å². The van der Waals surface area contributed by atoms with Crippen LogP contribution in [0.2, 0.25) is 0 Å². The summed E-state index contributed by atoms with van der Waals surface area (Å²) < 4.78 is 11.6. The minimum absolute atomic E-state index is 0.0518. The van der Waals surface area contributed by atoms with Crippen molar-refractivity contribution >= 4 is 6.09 Å². The lowest BCUT2D eigenvalue weighted by Crippen LogP contribution is -2.43. The summed E-state index contributed by atoms with van der Waals surface area (Å²) in [5.74, 6) is 1.43. The third-order valence-electron chi connectivity index (χ3n) is 4.34. The van der Waals surface area contributed by atoms with Gasteiger partial charge in [0.2, 0.25) is 0 Å². The number of nitrogens with one attached hydrogen (secondary N) is 1. The highest BCUT2D eigenvalue weighted by molar-refractivity contribution is 5.70. The highest BCUT2D eigenvalue weighted by atomic mass is 16.6. The molecule has 0 aliphatic carbocycles. The molecule has 2 atom stereocenters. The van der Waals surface area contributed by atoms with E-state index in [-0.39, 0.29) is 12.1 Å². The Kier molecular flexibility index (Phi) is 7.52. The molecule has 6 heteroatoms. The lowest BCUT2D eigenvalue weighted by molar-refractivity contribution is 0.0255. The Balaban J connectivity index is 2.14. The summed E-state index contributed by atoms with van der Waals surface area (Å²) in [7, 11) is 0. The summed E-state index contributed by atoms with van der Waals surface area (Å²) in [4.78, 5) is 14.1. The van der Waals surface area contributed by atoms with Crippen molar-refractivity contribution in [3.8, 4) is 11.5 Å². The molecule has 0 fully saturated rings. The maximum absolute atomic E-state index is 11.8. The van der Waals surface area contributed by atoms with Gasteiger partial charge in [-0.3, -0.25) is 4.90 Å². The van der Waals surface area contributed by atoms with Crippen LogP contribution >= 0.6 is 0 Å². The first-order valence-corrected chi connectivity index (χ1v) is 9.34. The van der Waals surface area contributed by atoms with Crippen LogP contribution in [0.1, 0.15) is 51.5 Å². The van der Waals surface area contributed by atoms with Crippen LogP contribution in [0.5, 0.6) is 11.5 Å². The van der Waals surface area contributed by atoms with E-state index in [2.05, 4.69) is 24.1 Å². The van der Waals surface area contributed by atoms with Crippen molar-refractivity contribution in [1.82, 2.24) is 10.2 Å². The lowest BCUT2D eigenvalue weighted by Gasteiger charge is -2.31. The number of hydrogen-bond acceptors (Lipinski definition) is 5. The van der Waals surface area contributed by atoms with Gasteiger partial charge in [-0.05, 0) is 37.5 Å². The molecule has 1 aliphatic heterocycles. The Morgan fingerprint density at radius 1 is 1.24 bits per heavy atom. The molecule has 1 aromatic rings. The first kappa shape index (κ1) is 19.5. The van der Waals surface area contributed by atoms with Gasteiger partial charge in [-0.2, -0.15) is 0 Å². The Hall–Kier alpha value is -1.79. The summed E-state index contributed by atoms with van der Waals surface area (Å²) in [6, 6.07) is 5.52. The molecule has 0 spiro atoms. The average molecular weight is 349 g/mol. The number of amides is 1. The molecule has 1 aromatic carbocycles. The van der Waals surface area contributed by atoms with Gasteiger partial charge in [0.15, 0.2) is 6.23 Å². The minimum Gasteiger partial charge on any atom is -0.474 e. The average Bonchev–Trinajstić information content (AvgIpc) is 2.97. The topological polar surface area (TPSA) is 76.8 Å². The lowest BCUT2D eigenvalue weighted by atomic mass is 9.98. The van der Waals surface area contributed by atoms with Gasteiger partial charge in [-0.15, -0.1) is 0 Å². The summed E-state index contributed by atoms with van der Waals surface area (Å²) in [5.41, 5.74) is 7.08. The summed E-state index contributed by atoms with van der Waals surface area (Å²) in [6.07, 6.45) is 2.53. The van der Waals surface area contributed by atoms with Crippen LogP contribution in [0.4, 0.5) is 4.79 Å². The molecule has 1 amide bonds. The standard InChI is InChI=1S/C19H31N3O3/c1-4-9-21-19(23)24-14-7-8-17-15(12-14)16(13-20)18(25-17)22(10-5-2)11-6-3/h7-8,12,16,18H,4-6,9-11,13,20H2,1-3H3,(H,21,23). The fraction of sp³-hybridized carbons (Fsp3) is 0.632. The van der Waals surface area contributed by atoms with E-state index < -0.39 is 6.09 Å². The van der Waals surface area contributed by atoms with Crippen LogP contribution in [0.3, 0.4) is 0 Å². The normalized spacial score (nSPS) is 18.8. The second-order valence-electron chi connectivity index (χ2n) is 6.40. The molecule has 1 heterocycles. The van der Waals surface area contributed by atoms with Crippen molar-refractivity contribution in [1.29, 1.82) is 0 Å². The van der Waals surface area contributed by atoms with Crippen molar-refractivity contribution in [3.05, 3.63) is 23.8 Å². The number of fused-ring (bicyclic) bond motifs is 1. The molecule has 1 aliphatic rings. The zero-order chi connectivity index (χ0) is 18.2. The SMILES string of the molecule is CCCNC(=O)Oc1ccc2c(c1)C(CN)C(N(CCC)CCC)O2. The molecular weight excluding hydrogens is 318 g/mol. The molecule has 0 aromatic heterocycles. The molecule has 0 radical (unpaired) electrons. The molecule has 0 saturated carbocycles. The second kappa shape index (κ2) is 9.63.